The quantitative estimate of drug-likeness (QED) is 0.549. The SMILES string of the molecule is O=C(O)C[C@H]1CCn2c1cc1cc(-c3noc(-c4ccc5c(c4)OCO5)n3)ccc12. The molecule has 8 heteroatoms. The van der Waals surface area contributed by atoms with Crippen LogP contribution in [0.3, 0.4) is 0 Å². The maximum atomic E-state index is 11.2. The molecule has 0 spiro atoms. The predicted molar refractivity (Wildman–Crippen MR) is 106 cm³/mol. The van der Waals surface area contributed by atoms with Crippen LogP contribution in [0.15, 0.2) is 47.0 Å². The molecule has 2 aliphatic rings. The molecule has 2 aliphatic heterocycles. The zero-order valence-corrected chi connectivity index (χ0v) is 15.9. The van der Waals surface area contributed by atoms with Gasteiger partial charge < -0.3 is 23.7 Å². The predicted octanol–water partition coefficient (Wildman–Crippen LogP) is 4.05. The lowest BCUT2D eigenvalue weighted by Crippen LogP contribution is -2.02. The van der Waals surface area contributed by atoms with Crippen LogP contribution >= 0.6 is 0 Å². The summed E-state index contributed by atoms with van der Waals surface area (Å²) in [6.45, 7) is 1.05. The lowest BCUT2D eigenvalue weighted by molar-refractivity contribution is -0.137. The Kier molecular flexibility index (Phi) is 3.61. The fourth-order valence-corrected chi connectivity index (χ4v) is 4.36. The maximum absolute atomic E-state index is 11.2. The van der Waals surface area contributed by atoms with E-state index in [4.69, 9.17) is 19.1 Å². The average molecular weight is 403 g/mol. The van der Waals surface area contributed by atoms with E-state index in [1.165, 1.54) is 0 Å². The van der Waals surface area contributed by atoms with Crippen molar-refractivity contribution < 1.29 is 23.9 Å². The largest absolute Gasteiger partial charge is 0.481 e. The van der Waals surface area contributed by atoms with E-state index in [0.29, 0.717) is 23.2 Å². The van der Waals surface area contributed by atoms with Gasteiger partial charge in [0.15, 0.2) is 11.5 Å². The highest BCUT2D eigenvalue weighted by Crippen LogP contribution is 2.38. The van der Waals surface area contributed by atoms with Crippen LogP contribution in [-0.2, 0) is 11.3 Å². The summed E-state index contributed by atoms with van der Waals surface area (Å²) in [6, 6.07) is 13.6. The van der Waals surface area contributed by atoms with Crippen LogP contribution in [0.2, 0.25) is 0 Å². The normalized spacial score (nSPS) is 16.9. The van der Waals surface area contributed by atoms with E-state index in [-0.39, 0.29) is 19.1 Å². The van der Waals surface area contributed by atoms with Gasteiger partial charge in [0.05, 0.1) is 6.42 Å². The van der Waals surface area contributed by atoms with Crippen molar-refractivity contribution in [2.24, 2.45) is 0 Å². The summed E-state index contributed by atoms with van der Waals surface area (Å²) < 4.78 is 18.4. The van der Waals surface area contributed by atoms with Gasteiger partial charge in [-0.2, -0.15) is 4.98 Å². The first-order chi connectivity index (χ1) is 14.7. The number of nitrogens with zero attached hydrogens (tertiary/aromatic N) is 3. The van der Waals surface area contributed by atoms with Gasteiger partial charge >= 0.3 is 5.97 Å². The number of carboxylic acids is 1. The molecule has 4 aromatic rings. The van der Waals surface area contributed by atoms with Crippen LogP contribution in [0, 0.1) is 0 Å². The molecule has 1 N–H and O–H groups in total. The molecule has 30 heavy (non-hydrogen) atoms. The second kappa shape index (κ2) is 6.35. The summed E-state index contributed by atoms with van der Waals surface area (Å²) in [5.41, 5.74) is 3.79. The summed E-state index contributed by atoms with van der Waals surface area (Å²) in [6.07, 6.45) is 1.02. The zero-order chi connectivity index (χ0) is 20.2. The number of carboxylic acid groups (broad SMARTS) is 1. The molecule has 0 radical (unpaired) electrons. The highest BCUT2D eigenvalue weighted by atomic mass is 16.7. The van der Waals surface area contributed by atoms with Crippen LogP contribution < -0.4 is 9.47 Å². The molecule has 0 amide bonds. The Morgan fingerprint density at radius 2 is 1.97 bits per heavy atom. The number of benzene rings is 2. The van der Waals surface area contributed by atoms with Gasteiger partial charge in [0.2, 0.25) is 12.6 Å². The molecule has 0 saturated carbocycles. The van der Waals surface area contributed by atoms with Crippen molar-refractivity contribution in [1.82, 2.24) is 14.7 Å². The van der Waals surface area contributed by atoms with Gasteiger partial charge in [-0.25, -0.2) is 0 Å². The third kappa shape index (κ3) is 2.64. The Balaban J connectivity index is 1.34. The van der Waals surface area contributed by atoms with Gasteiger partial charge in [0.1, 0.15) is 0 Å². The number of hydrogen-bond donors (Lipinski definition) is 1. The number of hydrogen-bond acceptors (Lipinski definition) is 6. The number of ether oxygens (including phenoxy) is 2. The molecule has 0 aliphatic carbocycles. The number of aryl methyl sites for hydroxylation is 1. The van der Waals surface area contributed by atoms with Crippen molar-refractivity contribution in [2.45, 2.75) is 25.3 Å². The summed E-state index contributed by atoms with van der Waals surface area (Å²) >= 11 is 0. The minimum atomic E-state index is -0.762. The standard InChI is InChI=1S/C22H17N3O5/c26-20(27)10-12-5-6-25-16-3-1-13(7-15(16)8-17(12)25)21-23-22(30-24-21)14-2-4-18-19(9-14)29-11-28-18/h1-4,7-9,12H,5-6,10-11H2,(H,26,27)/t12-/m1/s1. The summed E-state index contributed by atoms with van der Waals surface area (Å²) in [7, 11) is 0. The van der Waals surface area contributed by atoms with E-state index in [9.17, 15) is 4.79 Å². The van der Waals surface area contributed by atoms with Crippen LogP contribution in [-0.4, -0.2) is 32.6 Å². The molecule has 4 heterocycles. The van der Waals surface area contributed by atoms with E-state index < -0.39 is 5.97 Å². The maximum Gasteiger partial charge on any atom is 0.304 e. The molecule has 2 aromatic heterocycles. The minimum Gasteiger partial charge on any atom is -0.481 e. The van der Waals surface area contributed by atoms with Gasteiger partial charge in [-0.05, 0) is 48.9 Å². The number of aliphatic carboxylic acids is 1. The second-order valence-electron chi connectivity index (χ2n) is 7.57. The first kappa shape index (κ1) is 17.1. The fourth-order valence-electron chi connectivity index (χ4n) is 4.36. The average Bonchev–Trinajstić information content (AvgIpc) is 3.51. The number of rotatable bonds is 4. The number of aromatic nitrogens is 3. The van der Waals surface area contributed by atoms with Gasteiger partial charge in [-0.1, -0.05) is 5.16 Å². The third-order valence-electron chi connectivity index (χ3n) is 5.78. The summed E-state index contributed by atoms with van der Waals surface area (Å²) in [5.74, 6) is 1.56. The Morgan fingerprint density at radius 3 is 2.87 bits per heavy atom. The highest BCUT2D eigenvalue weighted by molar-refractivity contribution is 5.86. The van der Waals surface area contributed by atoms with Crippen molar-refractivity contribution in [3.8, 4) is 34.3 Å². The van der Waals surface area contributed by atoms with Crippen LogP contribution in [0.1, 0.15) is 24.5 Å². The molecular weight excluding hydrogens is 386 g/mol. The topological polar surface area (TPSA) is 99.6 Å². The molecular formula is C22H17N3O5. The van der Waals surface area contributed by atoms with Crippen molar-refractivity contribution in [3.05, 3.63) is 48.2 Å². The lowest BCUT2D eigenvalue weighted by atomic mass is 10.0. The van der Waals surface area contributed by atoms with Crippen LogP contribution in [0.25, 0.3) is 33.7 Å². The van der Waals surface area contributed by atoms with Gasteiger partial charge in [0, 0.05) is 40.2 Å². The van der Waals surface area contributed by atoms with E-state index in [1.807, 2.05) is 36.4 Å². The van der Waals surface area contributed by atoms with Gasteiger partial charge in [0.25, 0.3) is 5.89 Å². The Morgan fingerprint density at radius 1 is 1.10 bits per heavy atom. The molecule has 150 valence electrons. The molecule has 2 aromatic carbocycles. The van der Waals surface area contributed by atoms with Crippen molar-refractivity contribution >= 4 is 16.9 Å². The summed E-state index contributed by atoms with van der Waals surface area (Å²) in [4.78, 5) is 15.7. The van der Waals surface area contributed by atoms with Crippen molar-refractivity contribution in [3.63, 3.8) is 0 Å². The van der Waals surface area contributed by atoms with Gasteiger partial charge in [-0.3, -0.25) is 4.79 Å². The fraction of sp³-hybridized carbons (Fsp3) is 0.227. The molecule has 0 fully saturated rings. The summed E-state index contributed by atoms with van der Waals surface area (Å²) in [5, 5.41) is 14.4. The Hall–Kier alpha value is -3.81. The second-order valence-corrected chi connectivity index (χ2v) is 7.57. The monoisotopic (exact) mass is 403 g/mol. The van der Waals surface area contributed by atoms with E-state index in [1.54, 1.807) is 0 Å². The minimum absolute atomic E-state index is 0.0566. The van der Waals surface area contributed by atoms with Gasteiger partial charge in [-0.15, -0.1) is 0 Å². The lowest BCUT2D eigenvalue weighted by Gasteiger charge is -2.04. The molecule has 0 unspecified atom stereocenters. The smallest absolute Gasteiger partial charge is 0.304 e. The molecule has 1 atom stereocenters. The van der Waals surface area contributed by atoms with E-state index >= 15 is 0 Å². The molecule has 0 bridgehead atoms. The highest BCUT2D eigenvalue weighted by Gasteiger charge is 2.27. The number of carbonyl (C=O) groups is 1. The molecule has 8 nitrogen and oxygen atoms in total. The van der Waals surface area contributed by atoms with Crippen LogP contribution in [0.5, 0.6) is 11.5 Å². The Labute approximate surface area is 170 Å². The van der Waals surface area contributed by atoms with E-state index in [2.05, 4.69) is 20.8 Å². The van der Waals surface area contributed by atoms with Crippen molar-refractivity contribution in [1.29, 1.82) is 0 Å². The Bertz CT molecular complexity index is 1310. The zero-order valence-electron chi connectivity index (χ0n) is 15.9. The van der Waals surface area contributed by atoms with Crippen molar-refractivity contribution in [2.75, 3.05) is 6.79 Å². The van der Waals surface area contributed by atoms with E-state index in [0.717, 1.165) is 40.7 Å². The number of fused-ring (bicyclic) bond motifs is 4. The third-order valence-corrected chi connectivity index (χ3v) is 5.78. The first-order valence-electron chi connectivity index (χ1n) is 9.75. The molecule has 0 saturated heterocycles. The van der Waals surface area contributed by atoms with Crippen LogP contribution in [0.4, 0.5) is 0 Å². The first-order valence-corrected chi connectivity index (χ1v) is 9.75. The molecule has 6 rings (SSSR count).